The third-order valence-electron chi connectivity index (χ3n) is 8.56. The van der Waals surface area contributed by atoms with Crippen molar-refractivity contribution in [3.8, 4) is 0 Å². The van der Waals surface area contributed by atoms with Crippen molar-refractivity contribution in [3.05, 3.63) is 0 Å². The van der Waals surface area contributed by atoms with E-state index in [1.165, 1.54) is 0 Å². The number of amides is 2. The second-order valence-electron chi connectivity index (χ2n) is 11.8. The summed E-state index contributed by atoms with van der Waals surface area (Å²) >= 11 is 0. The van der Waals surface area contributed by atoms with E-state index in [2.05, 4.69) is 10.6 Å². The normalized spacial score (nSPS) is 42.1. The summed E-state index contributed by atoms with van der Waals surface area (Å²) in [6.45, 7) is -0.195. The summed E-state index contributed by atoms with van der Waals surface area (Å²) in [7, 11) is 0. The largest absolute Gasteiger partial charge is 0.394 e. The van der Waals surface area contributed by atoms with Crippen LogP contribution in [0.25, 0.3) is 0 Å². The van der Waals surface area contributed by atoms with E-state index in [4.69, 9.17) is 42.9 Å². The van der Waals surface area contributed by atoms with E-state index in [0.717, 1.165) is 0 Å². The van der Waals surface area contributed by atoms with Crippen LogP contribution in [0.2, 0.25) is 0 Å². The number of nitrogens with one attached hydrogen (secondary N) is 2. The van der Waals surface area contributed by atoms with E-state index < -0.39 is 104 Å². The molecule has 2 aliphatic heterocycles. The number of rotatable bonds is 13. The average Bonchev–Trinajstić information content (AvgIpc) is 2.97. The second kappa shape index (κ2) is 17.0. The van der Waals surface area contributed by atoms with Crippen LogP contribution in [0.5, 0.6) is 0 Å². The predicted molar refractivity (Wildman–Crippen MR) is 152 cm³/mol. The van der Waals surface area contributed by atoms with E-state index >= 15 is 0 Å². The van der Waals surface area contributed by atoms with E-state index in [9.17, 15) is 40.6 Å². The van der Waals surface area contributed by atoms with Crippen molar-refractivity contribution in [2.24, 2.45) is 34.6 Å². The van der Waals surface area contributed by atoms with Gasteiger partial charge in [-0.3, -0.25) is 5.21 Å². The van der Waals surface area contributed by atoms with Crippen LogP contribution in [0.4, 0.5) is 4.79 Å². The van der Waals surface area contributed by atoms with Gasteiger partial charge in [0.1, 0.15) is 24.4 Å². The topological polar surface area (TPSA) is 344 Å². The summed E-state index contributed by atoms with van der Waals surface area (Å²) in [5.41, 5.74) is 29.8. The summed E-state index contributed by atoms with van der Waals surface area (Å²) in [6.07, 6.45) is -11.4. The van der Waals surface area contributed by atoms with Gasteiger partial charge in [0.25, 0.3) is 0 Å². The number of aliphatic hydroxyl groups excluding tert-OH is 6. The molecule has 2 heterocycles. The smallest absolute Gasteiger partial charge is 0.341 e. The monoisotopic (exact) mass is 640 g/mol. The third-order valence-corrected chi connectivity index (χ3v) is 8.56. The molecule has 258 valence electrons. The summed E-state index contributed by atoms with van der Waals surface area (Å²) < 4.78 is 17.8. The number of hydroxylamine groups is 2. The molecule has 0 spiro atoms. The van der Waals surface area contributed by atoms with Crippen LogP contribution in [0.15, 0.2) is 0 Å². The Balaban J connectivity index is 1.83. The summed E-state index contributed by atoms with van der Waals surface area (Å²) in [4.78, 5) is 12.7. The number of aliphatic hydroxyl groups is 6. The van der Waals surface area contributed by atoms with Crippen LogP contribution in [-0.4, -0.2) is 172 Å². The number of nitrogens with two attached hydrogens (primary N) is 5. The van der Waals surface area contributed by atoms with Crippen molar-refractivity contribution >= 4 is 6.03 Å². The third kappa shape index (κ3) is 8.91. The fourth-order valence-electron chi connectivity index (χ4n) is 6.09. The molecular formula is C25H52N8O11. The number of carbonyl (C=O) groups excluding carboxylic acids is 1. The molecule has 19 nitrogen and oxygen atoms in total. The van der Waals surface area contributed by atoms with Crippen molar-refractivity contribution in [1.29, 1.82) is 0 Å². The molecule has 44 heavy (non-hydrogen) atoms. The van der Waals surface area contributed by atoms with Gasteiger partial charge in [0.15, 0.2) is 6.29 Å². The maximum Gasteiger partial charge on any atom is 0.341 e. The first-order chi connectivity index (χ1) is 20.8. The van der Waals surface area contributed by atoms with E-state index in [-0.39, 0.29) is 39.0 Å². The van der Waals surface area contributed by atoms with Crippen molar-refractivity contribution in [2.45, 2.75) is 105 Å². The molecule has 19 heteroatoms. The maximum absolute atomic E-state index is 12.7. The minimum atomic E-state index is -1.59. The second-order valence-corrected chi connectivity index (χ2v) is 11.8. The Morgan fingerprint density at radius 3 is 2.32 bits per heavy atom. The number of nitrogens with zero attached hydrogens (tertiary/aromatic N) is 1. The van der Waals surface area contributed by atoms with Gasteiger partial charge in [0, 0.05) is 37.6 Å². The lowest BCUT2D eigenvalue weighted by atomic mass is 9.72. The highest BCUT2D eigenvalue weighted by Crippen LogP contribution is 2.36. The van der Waals surface area contributed by atoms with Crippen molar-refractivity contribution in [1.82, 2.24) is 15.7 Å². The highest BCUT2D eigenvalue weighted by molar-refractivity contribution is 5.73. The molecular weight excluding hydrogens is 588 g/mol. The van der Waals surface area contributed by atoms with Crippen LogP contribution in [0.1, 0.15) is 19.3 Å². The van der Waals surface area contributed by atoms with Gasteiger partial charge >= 0.3 is 6.03 Å². The first-order valence-corrected chi connectivity index (χ1v) is 15.0. The van der Waals surface area contributed by atoms with E-state index in [1.54, 1.807) is 0 Å². The molecule has 2 unspecified atom stereocenters. The van der Waals surface area contributed by atoms with Gasteiger partial charge < -0.3 is 84.2 Å². The van der Waals surface area contributed by atoms with Crippen molar-refractivity contribution < 1.29 is 54.9 Å². The van der Waals surface area contributed by atoms with Crippen LogP contribution < -0.4 is 39.3 Å². The Labute approximate surface area is 255 Å². The minimum absolute atomic E-state index is 0.0150. The molecule has 2 amide bonds. The quantitative estimate of drug-likeness (QED) is 0.0656. The molecule has 3 rings (SSSR count). The molecule has 1 saturated carbocycles. The lowest BCUT2D eigenvalue weighted by molar-refractivity contribution is -0.306. The highest BCUT2D eigenvalue weighted by Gasteiger charge is 2.53. The molecule has 3 fully saturated rings. The van der Waals surface area contributed by atoms with Gasteiger partial charge in [-0.1, -0.05) is 0 Å². The Morgan fingerprint density at radius 2 is 1.68 bits per heavy atom. The first kappa shape index (κ1) is 37.1. The van der Waals surface area contributed by atoms with Crippen LogP contribution in [0.3, 0.4) is 0 Å². The zero-order valence-corrected chi connectivity index (χ0v) is 24.6. The molecule has 0 aromatic carbocycles. The molecule has 15 atom stereocenters. The first-order valence-electron chi connectivity index (χ1n) is 15.0. The van der Waals surface area contributed by atoms with Gasteiger partial charge in [-0.05, 0) is 25.8 Å². The van der Waals surface area contributed by atoms with Gasteiger partial charge in [-0.2, -0.15) is 0 Å². The van der Waals surface area contributed by atoms with Gasteiger partial charge in [0.05, 0.1) is 55.8 Å². The standard InChI is InChI=1S/C25H52N8O11/c26-2-1-10(35)7-31-8-15-14(36)6-12(29)22(42-15)17-11(28)5-13(32-25(40)33(41)4-3-27)23(20(17)38)44-24-21(39)18(30)19(37)16(9-34)43-24/h10-24,31,34-39,41H,1-9,26-30H2,(H,32,40)/t10?,11-,12+,13+,14-,15+,16+,17?,18-,19+,20-,21+,22-,23-,24+/m0/s1. The van der Waals surface area contributed by atoms with E-state index in [1.807, 2.05) is 0 Å². The molecule has 0 aromatic rings. The van der Waals surface area contributed by atoms with Crippen LogP contribution in [-0.2, 0) is 14.2 Å². The van der Waals surface area contributed by atoms with Crippen molar-refractivity contribution in [2.75, 3.05) is 39.3 Å². The average molecular weight is 641 g/mol. The molecule has 19 N–H and O–H groups in total. The maximum atomic E-state index is 12.7. The zero-order chi connectivity index (χ0) is 32.7. The van der Waals surface area contributed by atoms with Gasteiger partial charge in [-0.15, -0.1) is 0 Å². The lowest BCUT2D eigenvalue weighted by Gasteiger charge is -2.51. The fraction of sp³-hybridized carbons (Fsp3) is 0.960. The van der Waals surface area contributed by atoms with Gasteiger partial charge in [-0.25, -0.2) is 9.86 Å². The lowest BCUT2D eigenvalue weighted by Crippen LogP contribution is -2.70. The highest BCUT2D eigenvalue weighted by atomic mass is 16.7. The van der Waals surface area contributed by atoms with Crippen LogP contribution in [0, 0.1) is 5.92 Å². The minimum Gasteiger partial charge on any atom is -0.394 e. The Hall–Kier alpha value is -1.37. The van der Waals surface area contributed by atoms with Gasteiger partial charge in [0.2, 0.25) is 0 Å². The van der Waals surface area contributed by atoms with E-state index in [0.29, 0.717) is 18.0 Å². The molecule has 0 bridgehead atoms. The Bertz CT molecular complexity index is 884. The molecule has 1 aliphatic carbocycles. The molecule has 0 aromatic heterocycles. The molecule has 2 saturated heterocycles. The number of hydrogen-bond acceptors (Lipinski definition) is 17. The van der Waals surface area contributed by atoms with Crippen LogP contribution >= 0.6 is 0 Å². The summed E-state index contributed by atoms with van der Waals surface area (Å²) in [6, 6.07) is -4.88. The zero-order valence-electron chi connectivity index (χ0n) is 24.6. The summed E-state index contributed by atoms with van der Waals surface area (Å²) in [5.74, 6) is -0.913. The Kier molecular flexibility index (Phi) is 14.3. The summed E-state index contributed by atoms with van der Waals surface area (Å²) in [5, 5.41) is 78.9. The number of carbonyl (C=O) groups is 1. The number of urea groups is 1. The SMILES string of the molecule is NCCC(O)CNC[C@H]1O[C@H](C2[C@@H](N)C[C@@H](NC(=O)N(O)CCN)[C@H](O[C@H]3O[C@H](CO)[C@@H](O)[C@H](N)[C@H]3O)[C@H]2O)[C@H](N)C[C@@H]1O. The predicted octanol–water partition coefficient (Wildman–Crippen LogP) is -7.28. The molecule has 3 aliphatic rings. The fourth-order valence-corrected chi connectivity index (χ4v) is 6.09. The van der Waals surface area contributed by atoms with Crippen molar-refractivity contribution in [3.63, 3.8) is 0 Å². The molecule has 0 radical (unpaired) electrons. The number of hydrogen-bond donors (Lipinski definition) is 14. The number of ether oxygens (including phenoxy) is 3. The Morgan fingerprint density at radius 1 is 0.977 bits per heavy atom.